The first-order chi connectivity index (χ1) is 20.0. The summed E-state index contributed by atoms with van der Waals surface area (Å²) in [5, 5.41) is 19.5. The summed E-state index contributed by atoms with van der Waals surface area (Å²) in [4.78, 5) is 30.8. The average molecular weight is 586 g/mol. The van der Waals surface area contributed by atoms with Crippen LogP contribution in [0.1, 0.15) is 57.1 Å². The van der Waals surface area contributed by atoms with Gasteiger partial charge in [0.2, 0.25) is 5.91 Å². The number of carbonyl (C=O) groups is 2. The second-order valence-corrected chi connectivity index (χ2v) is 12.1. The summed E-state index contributed by atoms with van der Waals surface area (Å²) in [6, 6.07) is 12.6. The molecule has 0 aromatic heterocycles. The van der Waals surface area contributed by atoms with Crippen LogP contribution >= 0.6 is 0 Å². The lowest BCUT2D eigenvalue weighted by Gasteiger charge is -2.43. The van der Waals surface area contributed by atoms with Crippen LogP contribution in [0.4, 0.5) is 4.79 Å². The topological polar surface area (TPSA) is 121 Å². The van der Waals surface area contributed by atoms with E-state index in [2.05, 4.69) is 0 Å². The van der Waals surface area contributed by atoms with Crippen molar-refractivity contribution in [2.24, 2.45) is 5.92 Å². The van der Waals surface area contributed by atoms with Crippen molar-refractivity contribution in [3.8, 4) is 17.2 Å². The second-order valence-electron chi connectivity index (χ2n) is 12.1. The van der Waals surface area contributed by atoms with E-state index in [1.807, 2.05) is 29.2 Å². The van der Waals surface area contributed by atoms with Gasteiger partial charge in [-0.3, -0.25) is 4.79 Å². The maximum atomic E-state index is 14.4. The van der Waals surface area contributed by atoms with E-state index in [-0.39, 0.29) is 25.0 Å². The van der Waals surface area contributed by atoms with Gasteiger partial charge >= 0.3 is 6.09 Å². The summed E-state index contributed by atoms with van der Waals surface area (Å²) >= 11 is 0. The van der Waals surface area contributed by atoms with E-state index in [0.29, 0.717) is 42.6 Å². The Kier molecular flexibility index (Phi) is 10.2. The molecule has 3 N–H and O–H groups in total. The quantitative estimate of drug-likeness (QED) is 0.312. The van der Waals surface area contributed by atoms with Gasteiger partial charge in [0.15, 0.2) is 0 Å². The summed E-state index contributed by atoms with van der Waals surface area (Å²) in [6.45, 7) is 6.92. The zero-order chi connectivity index (χ0) is 30.4. The maximum Gasteiger partial charge on any atom is 0.410 e. The molecule has 0 unspecified atom stereocenters. The van der Waals surface area contributed by atoms with Gasteiger partial charge in [-0.25, -0.2) is 4.79 Å². The van der Waals surface area contributed by atoms with Crippen molar-refractivity contribution in [2.75, 3.05) is 40.5 Å². The fourth-order valence-electron chi connectivity index (χ4n) is 5.44. The van der Waals surface area contributed by atoms with Gasteiger partial charge in [-0.15, -0.1) is 0 Å². The van der Waals surface area contributed by atoms with Crippen LogP contribution in [0, 0.1) is 5.92 Å². The minimum atomic E-state index is -1.01. The number of rotatable bonds is 11. The zero-order valence-electron chi connectivity index (χ0n) is 25.3. The predicted octanol–water partition coefficient (Wildman–Crippen LogP) is 4.05. The average Bonchev–Trinajstić information content (AvgIpc) is 3.77. The highest BCUT2D eigenvalue weighted by atomic mass is 16.6. The highest BCUT2D eigenvalue weighted by molar-refractivity contribution is 5.82. The zero-order valence-corrected chi connectivity index (χ0v) is 25.3. The third-order valence-electron chi connectivity index (χ3n) is 7.47. The molecule has 10 heteroatoms. The molecule has 1 saturated heterocycles. The number of methoxy groups -OCH3 is 2. The minimum Gasteiger partial charge on any atom is -0.593 e. The van der Waals surface area contributed by atoms with Gasteiger partial charge < -0.3 is 39.0 Å². The Balaban J connectivity index is 1.62. The Hall–Kier alpha value is -3.50. The molecule has 1 aliphatic carbocycles. The molecule has 1 heterocycles. The number of ether oxygens (including phenoxy) is 4. The molecule has 2 aromatic rings. The molecule has 1 aliphatic heterocycles. The summed E-state index contributed by atoms with van der Waals surface area (Å²) in [5.74, 6) is 0.140. The first-order valence-electron chi connectivity index (χ1n) is 14.6. The number of hydrogen-bond acceptors (Lipinski definition) is 7. The highest BCUT2D eigenvalue weighted by Gasteiger charge is 2.47. The van der Waals surface area contributed by atoms with Crippen LogP contribution < -0.4 is 9.47 Å². The van der Waals surface area contributed by atoms with Gasteiger partial charge in [0.25, 0.3) is 5.75 Å². The van der Waals surface area contributed by atoms with Crippen molar-refractivity contribution in [3.05, 3.63) is 53.6 Å². The number of likely N-dealkylation sites (tertiary alicyclic amines) is 1. The van der Waals surface area contributed by atoms with E-state index < -0.39 is 29.6 Å². The molecule has 0 spiro atoms. The summed E-state index contributed by atoms with van der Waals surface area (Å²) in [7, 11) is 3.25. The van der Waals surface area contributed by atoms with E-state index >= 15 is 0 Å². The van der Waals surface area contributed by atoms with Crippen LogP contribution in [0.5, 0.6) is 17.2 Å². The van der Waals surface area contributed by atoms with Gasteiger partial charge in [0.1, 0.15) is 17.1 Å². The monoisotopic (exact) mass is 585 g/mol. The van der Waals surface area contributed by atoms with Crippen LogP contribution in [0.25, 0.3) is 0 Å². The van der Waals surface area contributed by atoms with Crippen molar-refractivity contribution in [2.45, 2.75) is 70.2 Å². The largest absolute Gasteiger partial charge is 0.593 e. The lowest BCUT2D eigenvalue weighted by Crippen LogP contribution is -2.56. The molecular formula is C32H45N2O8+. The van der Waals surface area contributed by atoms with Gasteiger partial charge in [0, 0.05) is 63.4 Å². The first-order valence-corrected chi connectivity index (χ1v) is 14.6. The summed E-state index contributed by atoms with van der Waals surface area (Å²) in [6.07, 6.45) is 0.941. The Morgan fingerprint density at radius 2 is 1.79 bits per heavy atom. The lowest BCUT2D eigenvalue weighted by molar-refractivity contribution is -0.141. The summed E-state index contributed by atoms with van der Waals surface area (Å²) < 4.78 is 22.2. The van der Waals surface area contributed by atoms with Crippen molar-refractivity contribution in [1.29, 1.82) is 0 Å². The fourth-order valence-corrected chi connectivity index (χ4v) is 5.44. The molecule has 10 nitrogen and oxygen atoms in total. The van der Waals surface area contributed by atoms with Crippen LogP contribution in [0.15, 0.2) is 42.5 Å². The van der Waals surface area contributed by atoms with Gasteiger partial charge in [-0.1, -0.05) is 12.1 Å². The number of nitrogens with zero attached hydrogens (tertiary/aromatic N) is 2. The number of benzene rings is 2. The van der Waals surface area contributed by atoms with Gasteiger partial charge in [-0.2, -0.15) is 0 Å². The molecule has 0 radical (unpaired) electrons. The number of β-amino-alcohol motifs (C(OH)–C–C–N with tert-alkyl or cyclic N) is 1. The highest BCUT2D eigenvalue weighted by Crippen LogP contribution is 2.39. The molecule has 1 saturated carbocycles. The number of hydrogen-bond donors (Lipinski definition) is 1. The van der Waals surface area contributed by atoms with Crippen molar-refractivity contribution in [3.63, 3.8) is 0 Å². The third kappa shape index (κ3) is 8.29. The number of carbonyl (C=O) groups excluding carboxylic acids is 2. The molecule has 3 atom stereocenters. The van der Waals surface area contributed by atoms with Gasteiger partial charge in [0.05, 0.1) is 32.3 Å². The first kappa shape index (κ1) is 31.4. The van der Waals surface area contributed by atoms with E-state index in [4.69, 9.17) is 24.1 Å². The Labute approximate surface area is 248 Å². The number of amides is 2. The van der Waals surface area contributed by atoms with E-state index in [0.717, 1.165) is 24.8 Å². The maximum absolute atomic E-state index is 14.4. The van der Waals surface area contributed by atoms with E-state index in [1.165, 1.54) is 4.90 Å². The van der Waals surface area contributed by atoms with E-state index in [1.54, 1.807) is 53.2 Å². The van der Waals surface area contributed by atoms with Crippen molar-refractivity contribution >= 4 is 12.0 Å². The molecule has 2 fully saturated rings. The number of piperidine rings is 1. The predicted molar refractivity (Wildman–Crippen MR) is 158 cm³/mol. The van der Waals surface area contributed by atoms with Gasteiger partial charge in [-0.05, 0) is 56.9 Å². The second kappa shape index (κ2) is 13.6. The number of aliphatic hydroxyl groups excluding tert-OH is 1. The molecule has 2 amide bonds. The van der Waals surface area contributed by atoms with Crippen molar-refractivity contribution < 1.29 is 38.7 Å². The van der Waals surface area contributed by atoms with Crippen LogP contribution in [-0.4, -0.2) is 90.3 Å². The SMILES string of the molecule is COCCCOc1cc(CN(C(=O)[C@H]2CN(C(=O)OC(C)(C)C)C[C@@H](O)[C@@H]2c2cccc([OH2+])c2)C2CC2)cc(OC)c1. The minimum absolute atomic E-state index is 0.0364. The third-order valence-corrected chi connectivity index (χ3v) is 7.47. The summed E-state index contributed by atoms with van der Waals surface area (Å²) in [5.41, 5.74) is 0.857. The molecule has 42 heavy (non-hydrogen) atoms. The molecule has 0 bridgehead atoms. The number of aliphatic hydroxyl groups is 1. The normalized spacial score (nSPS) is 20.6. The van der Waals surface area contributed by atoms with Crippen LogP contribution in [0.3, 0.4) is 0 Å². The standard InChI is InChI=1S/C32H44N2O8/c1-32(2,3)42-31(38)33-19-27(29(28(36)20-33)22-8-6-9-24(35)16-22)30(37)34(23-10-11-23)18-21-14-25(40-5)17-26(15-21)41-13-7-12-39-4/h6,8-9,14-17,23,27-29,35-36H,7,10-13,18-20H2,1-5H3/p+1/t27-,28+,29+/m0/s1. The van der Waals surface area contributed by atoms with Crippen LogP contribution in [-0.2, 0) is 20.8 Å². The molecular weight excluding hydrogens is 540 g/mol. The lowest BCUT2D eigenvalue weighted by atomic mass is 9.77. The van der Waals surface area contributed by atoms with E-state index in [9.17, 15) is 14.7 Å². The Morgan fingerprint density at radius 1 is 1.05 bits per heavy atom. The molecule has 230 valence electrons. The van der Waals surface area contributed by atoms with Crippen LogP contribution in [0.2, 0.25) is 0 Å². The Morgan fingerprint density at radius 3 is 2.43 bits per heavy atom. The Bertz CT molecular complexity index is 1230. The van der Waals surface area contributed by atoms with Crippen molar-refractivity contribution in [1.82, 2.24) is 9.80 Å². The fraction of sp³-hybridized carbons (Fsp3) is 0.562. The smallest absolute Gasteiger partial charge is 0.410 e. The molecule has 4 rings (SSSR count). The molecule has 2 aliphatic rings. The molecule has 2 aromatic carbocycles.